The van der Waals surface area contributed by atoms with Crippen LogP contribution in [0.1, 0.15) is 79.0 Å². The summed E-state index contributed by atoms with van der Waals surface area (Å²) in [7, 11) is 0. The third kappa shape index (κ3) is 5.15. The Morgan fingerprint density at radius 3 is 1.55 bits per heavy atom. The van der Waals surface area contributed by atoms with Crippen LogP contribution in [0, 0.1) is 0 Å². The van der Waals surface area contributed by atoms with Crippen LogP contribution in [0.5, 0.6) is 0 Å². The molecule has 14 aromatic rings. The smallest absolute Gasteiger partial charge is 0.165 e. The van der Waals surface area contributed by atoms with E-state index < -0.39 is 0 Å². The average Bonchev–Trinajstić information content (AvgIpc) is 4.09. The number of rotatable bonds is 2. The Bertz CT molecular complexity index is 4420. The highest BCUT2D eigenvalue weighted by atomic mass is 15.1. The SMILES string of the molecule is CC(C)(C)c1ccc2c(c1)c1cc(C(C)(C)C)cc3c4nc5c(nc4n2c13)c1cc(C(C)(C)C)cc2c3cc4ccccc4c(-c4ccc6c(c4)c4ccccc4n6-c4ccccc4)c3n5c21. The second-order valence-electron chi connectivity index (χ2n) is 22.3. The predicted molar refractivity (Wildman–Crippen MR) is 285 cm³/mol. The molecule has 0 aliphatic carbocycles. The molecule has 0 aliphatic heterocycles. The molecular weight excluding hydrogens is 815 g/mol. The minimum absolute atomic E-state index is 0.0202. The summed E-state index contributed by atoms with van der Waals surface area (Å²) in [5, 5.41) is 12.2. The molecule has 67 heavy (non-hydrogen) atoms. The molecule has 0 radical (unpaired) electrons. The van der Waals surface area contributed by atoms with Crippen LogP contribution < -0.4 is 0 Å². The molecule has 5 nitrogen and oxygen atoms in total. The summed E-state index contributed by atoms with van der Waals surface area (Å²) in [4.78, 5) is 11.8. The van der Waals surface area contributed by atoms with E-state index in [1.807, 2.05) is 0 Å². The molecule has 324 valence electrons. The summed E-state index contributed by atoms with van der Waals surface area (Å²) in [6, 6.07) is 54.8. The Kier molecular flexibility index (Phi) is 7.33. The van der Waals surface area contributed by atoms with E-state index in [4.69, 9.17) is 9.97 Å². The number of benzene rings is 8. The Balaban J connectivity index is 1.17. The molecule has 5 heteroatoms. The fourth-order valence-corrected chi connectivity index (χ4v) is 11.6. The monoisotopic (exact) mass is 865 g/mol. The van der Waals surface area contributed by atoms with Gasteiger partial charge in [0.15, 0.2) is 11.3 Å². The lowest BCUT2D eigenvalue weighted by atomic mass is 9.84. The first kappa shape index (κ1) is 38.7. The van der Waals surface area contributed by atoms with Crippen molar-refractivity contribution in [2.24, 2.45) is 0 Å². The third-order valence-corrected chi connectivity index (χ3v) is 15.1. The van der Waals surface area contributed by atoms with Gasteiger partial charge in [-0.3, -0.25) is 8.80 Å². The van der Waals surface area contributed by atoms with Crippen molar-refractivity contribution in [3.63, 3.8) is 0 Å². The van der Waals surface area contributed by atoms with Crippen molar-refractivity contribution in [2.75, 3.05) is 0 Å². The van der Waals surface area contributed by atoms with E-state index >= 15 is 0 Å². The normalized spacial score (nSPS) is 13.4. The summed E-state index contributed by atoms with van der Waals surface area (Å²) in [5.74, 6) is 0. The first-order valence-corrected chi connectivity index (χ1v) is 23.8. The van der Waals surface area contributed by atoms with Gasteiger partial charge in [0, 0.05) is 54.3 Å². The minimum Gasteiger partial charge on any atom is -0.309 e. The second kappa shape index (κ2) is 12.7. The molecule has 0 saturated heterocycles. The maximum Gasteiger partial charge on any atom is 0.165 e. The van der Waals surface area contributed by atoms with Crippen LogP contribution in [0.25, 0.3) is 126 Å². The lowest BCUT2D eigenvalue weighted by Gasteiger charge is -2.20. The molecule has 0 atom stereocenters. The summed E-state index contributed by atoms with van der Waals surface area (Å²) >= 11 is 0. The summed E-state index contributed by atoms with van der Waals surface area (Å²) in [6.07, 6.45) is 0. The molecule has 0 aliphatic rings. The van der Waals surface area contributed by atoms with Crippen molar-refractivity contribution < 1.29 is 0 Å². The number of hydrogen-bond acceptors (Lipinski definition) is 2. The molecule has 0 unspecified atom stereocenters. The van der Waals surface area contributed by atoms with Crippen molar-refractivity contribution in [3.05, 3.63) is 162 Å². The van der Waals surface area contributed by atoms with E-state index in [9.17, 15) is 0 Å². The van der Waals surface area contributed by atoms with Crippen LogP contribution in [0.15, 0.2) is 146 Å². The van der Waals surface area contributed by atoms with Crippen molar-refractivity contribution >= 4 is 109 Å². The summed E-state index contributed by atoms with van der Waals surface area (Å²) in [5.41, 5.74) is 18.2. The predicted octanol–water partition coefficient (Wildman–Crippen LogP) is 16.6. The third-order valence-electron chi connectivity index (χ3n) is 15.1. The molecule has 0 saturated carbocycles. The quantitative estimate of drug-likeness (QED) is 0.174. The van der Waals surface area contributed by atoms with Crippen LogP contribution >= 0.6 is 0 Å². The lowest BCUT2D eigenvalue weighted by Crippen LogP contribution is -2.11. The van der Waals surface area contributed by atoms with Gasteiger partial charge in [-0.05, 0) is 122 Å². The Hall–Kier alpha value is -7.50. The van der Waals surface area contributed by atoms with Gasteiger partial charge in [0.25, 0.3) is 0 Å². The maximum absolute atomic E-state index is 5.91. The molecule has 0 spiro atoms. The lowest BCUT2D eigenvalue weighted by molar-refractivity contribution is 0.590. The van der Waals surface area contributed by atoms with Gasteiger partial charge in [-0.15, -0.1) is 0 Å². The van der Waals surface area contributed by atoms with E-state index in [1.165, 1.54) is 104 Å². The zero-order valence-electron chi connectivity index (χ0n) is 39.6. The largest absolute Gasteiger partial charge is 0.309 e. The van der Waals surface area contributed by atoms with E-state index in [0.717, 1.165) is 38.8 Å². The number of hydrogen-bond donors (Lipinski definition) is 0. The highest BCUT2D eigenvalue weighted by molar-refractivity contribution is 6.29. The van der Waals surface area contributed by atoms with Crippen LogP contribution in [0.3, 0.4) is 0 Å². The van der Waals surface area contributed by atoms with E-state index in [1.54, 1.807) is 0 Å². The topological polar surface area (TPSA) is 39.5 Å². The highest BCUT2D eigenvalue weighted by Gasteiger charge is 2.30. The fraction of sp³-hybridized carbons (Fsp3) is 0.194. The van der Waals surface area contributed by atoms with E-state index in [2.05, 4.69) is 221 Å². The van der Waals surface area contributed by atoms with Gasteiger partial charge in [0.05, 0.1) is 33.1 Å². The average molecular weight is 866 g/mol. The van der Waals surface area contributed by atoms with Crippen molar-refractivity contribution in [1.82, 2.24) is 23.3 Å². The van der Waals surface area contributed by atoms with Crippen LogP contribution in [-0.2, 0) is 16.2 Å². The molecule has 6 heterocycles. The molecule has 8 aromatic carbocycles. The second-order valence-corrected chi connectivity index (χ2v) is 22.3. The molecule has 0 bridgehead atoms. The van der Waals surface area contributed by atoms with Crippen molar-refractivity contribution in [3.8, 4) is 16.8 Å². The van der Waals surface area contributed by atoms with Crippen LogP contribution in [-0.4, -0.2) is 23.3 Å². The van der Waals surface area contributed by atoms with Crippen molar-refractivity contribution in [1.29, 1.82) is 0 Å². The van der Waals surface area contributed by atoms with Gasteiger partial charge in [0.1, 0.15) is 11.0 Å². The first-order chi connectivity index (χ1) is 32.1. The van der Waals surface area contributed by atoms with Crippen molar-refractivity contribution in [2.45, 2.75) is 78.6 Å². The summed E-state index contributed by atoms with van der Waals surface area (Å²) < 4.78 is 7.30. The van der Waals surface area contributed by atoms with E-state index in [-0.39, 0.29) is 16.2 Å². The Labute approximate surface area is 388 Å². The molecule has 0 N–H and O–H groups in total. The standard InChI is InChI=1S/C62H51N5/c1-60(2,3)36-24-26-51-43(29-36)45-30-37(61(4,5)6)32-47-53-58(66(51)55(45)47)63-54-48-33-38(62(7,8)9)31-46-44-27-34-17-13-14-20-40(34)52(57(44)67(56(46)48)59(54)64-53)35-23-25-50-42(28-35)41-21-15-16-22-49(41)65(50)39-18-11-10-12-19-39/h10-33H,1-9H3. The van der Waals surface area contributed by atoms with Gasteiger partial charge >= 0.3 is 0 Å². The number of aromatic nitrogens is 5. The fourth-order valence-electron chi connectivity index (χ4n) is 11.6. The molecule has 0 amide bonds. The maximum atomic E-state index is 5.91. The molecule has 6 aromatic heterocycles. The van der Waals surface area contributed by atoms with E-state index in [0.29, 0.717) is 0 Å². The minimum atomic E-state index is -0.100. The number of fused-ring (bicyclic) bond motifs is 16. The summed E-state index contributed by atoms with van der Waals surface area (Å²) in [6.45, 7) is 20.8. The van der Waals surface area contributed by atoms with Gasteiger partial charge < -0.3 is 4.57 Å². The van der Waals surface area contributed by atoms with Gasteiger partial charge in [-0.2, -0.15) is 0 Å². The Morgan fingerprint density at radius 1 is 0.358 bits per heavy atom. The molecule has 0 fully saturated rings. The van der Waals surface area contributed by atoms with Crippen LogP contribution in [0.4, 0.5) is 0 Å². The zero-order valence-corrected chi connectivity index (χ0v) is 39.6. The van der Waals surface area contributed by atoms with Gasteiger partial charge in [-0.25, -0.2) is 9.97 Å². The molecule has 14 rings (SSSR count). The Morgan fingerprint density at radius 2 is 0.866 bits per heavy atom. The van der Waals surface area contributed by atoms with Crippen LogP contribution in [0.2, 0.25) is 0 Å². The zero-order chi connectivity index (χ0) is 45.6. The molecular formula is C62H51N5. The highest BCUT2D eigenvalue weighted by Crippen LogP contribution is 2.49. The first-order valence-electron chi connectivity index (χ1n) is 23.8. The number of para-hydroxylation sites is 2. The van der Waals surface area contributed by atoms with Gasteiger partial charge in [0.2, 0.25) is 0 Å². The van der Waals surface area contributed by atoms with Gasteiger partial charge in [-0.1, -0.05) is 135 Å². The number of nitrogens with zero attached hydrogens (tertiary/aromatic N) is 5.